The highest BCUT2D eigenvalue weighted by molar-refractivity contribution is 8.14. The molecule has 2 aliphatic heterocycles. The zero-order valence-electron chi connectivity index (χ0n) is 14.9. The van der Waals surface area contributed by atoms with Gasteiger partial charge in [0.25, 0.3) is 0 Å². The van der Waals surface area contributed by atoms with Crippen molar-refractivity contribution in [2.45, 2.75) is 20.3 Å². The van der Waals surface area contributed by atoms with Gasteiger partial charge >= 0.3 is 0 Å². The summed E-state index contributed by atoms with van der Waals surface area (Å²) in [6.45, 7) is 5.57. The zero-order valence-corrected chi connectivity index (χ0v) is 15.7. The number of fused-ring (bicyclic) bond motifs is 1. The Hall–Kier alpha value is -2.47. The van der Waals surface area contributed by atoms with Crippen LogP contribution in [0.5, 0.6) is 11.5 Å². The maximum Gasteiger partial charge on any atom is 0.182 e. The molecule has 26 heavy (non-hydrogen) atoms. The number of rotatable bonds is 2. The Morgan fingerprint density at radius 1 is 1.08 bits per heavy atom. The predicted molar refractivity (Wildman–Crippen MR) is 107 cm³/mol. The fourth-order valence-corrected chi connectivity index (χ4v) is 3.61. The molecule has 2 heterocycles. The van der Waals surface area contributed by atoms with E-state index in [0.717, 1.165) is 45.8 Å². The van der Waals surface area contributed by atoms with Crippen molar-refractivity contribution in [2.24, 2.45) is 10.1 Å². The summed E-state index contributed by atoms with van der Waals surface area (Å²) in [6, 6.07) is 12.2. The molecule has 0 radical (unpaired) electrons. The van der Waals surface area contributed by atoms with Crippen LogP contribution in [0.2, 0.25) is 0 Å². The Morgan fingerprint density at radius 2 is 1.92 bits per heavy atom. The first-order valence-corrected chi connectivity index (χ1v) is 9.69. The van der Waals surface area contributed by atoms with Gasteiger partial charge in [-0.2, -0.15) is 5.10 Å². The standard InChI is InChI=1S/C20H21N3O2S/c1-13-5-3-6-16(14(13)2)21-20-23-22-17(12-26-20)15-7-8-18-19(11-15)25-10-4-9-24-18/h3,5-8,11H,4,9-10,12H2,1-2H3,(H,21,23). The molecule has 2 aliphatic rings. The Bertz CT molecular complexity index is 893. The molecule has 0 saturated heterocycles. The minimum Gasteiger partial charge on any atom is -0.490 e. The highest BCUT2D eigenvalue weighted by atomic mass is 32.2. The largest absolute Gasteiger partial charge is 0.490 e. The maximum atomic E-state index is 5.77. The molecule has 2 aromatic rings. The topological polar surface area (TPSA) is 55.2 Å². The Kier molecular flexibility index (Phi) is 4.84. The molecule has 0 spiro atoms. The molecule has 0 saturated carbocycles. The monoisotopic (exact) mass is 367 g/mol. The van der Waals surface area contributed by atoms with Gasteiger partial charge in [0.15, 0.2) is 16.7 Å². The van der Waals surface area contributed by atoms with E-state index in [1.165, 1.54) is 11.1 Å². The van der Waals surface area contributed by atoms with Crippen LogP contribution in [-0.4, -0.2) is 29.8 Å². The number of aryl methyl sites for hydroxylation is 1. The van der Waals surface area contributed by atoms with Crippen LogP contribution in [0.3, 0.4) is 0 Å². The first kappa shape index (κ1) is 17.0. The molecule has 0 aliphatic carbocycles. The molecule has 1 N–H and O–H groups in total. The number of hydrazone groups is 1. The molecular weight excluding hydrogens is 346 g/mol. The summed E-state index contributed by atoms with van der Waals surface area (Å²) in [5.41, 5.74) is 8.52. The number of thioether (sulfide) groups is 1. The van der Waals surface area contributed by atoms with E-state index in [1.54, 1.807) is 11.8 Å². The second-order valence-corrected chi connectivity index (χ2v) is 7.27. The fraction of sp³-hybridized carbons (Fsp3) is 0.300. The van der Waals surface area contributed by atoms with Gasteiger partial charge < -0.3 is 9.47 Å². The third-order valence-electron chi connectivity index (χ3n) is 4.51. The number of ether oxygens (including phenoxy) is 2. The van der Waals surface area contributed by atoms with Crippen molar-refractivity contribution < 1.29 is 9.47 Å². The van der Waals surface area contributed by atoms with Crippen LogP contribution in [0.4, 0.5) is 5.69 Å². The molecule has 0 unspecified atom stereocenters. The van der Waals surface area contributed by atoms with Crippen LogP contribution in [0.15, 0.2) is 46.5 Å². The second-order valence-electron chi connectivity index (χ2n) is 6.31. The van der Waals surface area contributed by atoms with Crippen LogP contribution in [-0.2, 0) is 0 Å². The van der Waals surface area contributed by atoms with Gasteiger partial charge in [0.05, 0.1) is 24.6 Å². The summed E-state index contributed by atoms with van der Waals surface area (Å²) >= 11 is 1.65. The average molecular weight is 367 g/mol. The lowest BCUT2D eigenvalue weighted by atomic mass is 10.1. The van der Waals surface area contributed by atoms with Gasteiger partial charge in [0.1, 0.15) is 0 Å². The quantitative estimate of drug-likeness (QED) is 0.865. The minimum atomic E-state index is 0.683. The van der Waals surface area contributed by atoms with Crippen LogP contribution in [0.25, 0.3) is 0 Å². The van der Waals surface area contributed by atoms with Crippen molar-refractivity contribution in [1.29, 1.82) is 0 Å². The van der Waals surface area contributed by atoms with E-state index in [2.05, 4.69) is 30.4 Å². The molecule has 2 aromatic carbocycles. The van der Waals surface area contributed by atoms with Crippen molar-refractivity contribution in [2.75, 3.05) is 19.0 Å². The summed E-state index contributed by atoms with van der Waals surface area (Å²) in [5, 5.41) is 5.34. The lowest BCUT2D eigenvalue weighted by molar-refractivity contribution is 0.297. The van der Waals surface area contributed by atoms with Crippen LogP contribution < -0.4 is 14.9 Å². The third kappa shape index (κ3) is 3.55. The molecular formula is C20H21N3O2S. The number of hydrogen-bond donors (Lipinski definition) is 1. The summed E-state index contributed by atoms with van der Waals surface area (Å²) in [5.74, 6) is 2.36. The second kappa shape index (κ2) is 7.41. The molecule has 0 fully saturated rings. The highest BCUT2D eigenvalue weighted by Crippen LogP contribution is 2.31. The van der Waals surface area contributed by atoms with Crippen molar-refractivity contribution in [1.82, 2.24) is 5.43 Å². The van der Waals surface area contributed by atoms with E-state index in [0.29, 0.717) is 13.2 Å². The number of hydrogen-bond acceptors (Lipinski definition) is 5. The van der Waals surface area contributed by atoms with Gasteiger partial charge in [-0.05, 0) is 49.2 Å². The summed E-state index contributed by atoms with van der Waals surface area (Å²) < 4.78 is 11.5. The normalized spacial score (nSPS) is 18.1. The van der Waals surface area contributed by atoms with E-state index < -0.39 is 0 Å². The highest BCUT2D eigenvalue weighted by Gasteiger charge is 2.17. The minimum absolute atomic E-state index is 0.683. The molecule has 4 rings (SSSR count). The number of nitrogens with one attached hydrogen (secondary N) is 1. The summed E-state index contributed by atoms with van der Waals surface area (Å²) in [6.07, 6.45) is 0.903. The number of benzene rings is 2. The molecule has 0 aromatic heterocycles. The molecule has 134 valence electrons. The third-order valence-corrected chi connectivity index (χ3v) is 5.38. The maximum absolute atomic E-state index is 5.77. The lowest BCUT2D eigenvalue weighted by Crippen LogP contribution is -2.25. The van der Waals surface area contributed by atoms with E-state index >= 15 is 0 Å². The fourth-order valence-electron chi connectivity index (χ4n) is 2.83. The van der Waals surface area contributed by atoms with Gasteiger partial charge in [-0.1, -0.05) is 23.9 Å². The number of aliphatic imine (C=N–C) groups is 1. The number of nitrogens with zero attached hydrogens (tertiary/aromatic N) is 2. The smallest absolute Gasteiger partial charge is 0.182 e. The summed E-state index contributed by atoms with van der Waals surface area (Å²) in [4.78, 5) is 4.71. The lowest BCUT2D eigenvalue weighted by Gasteiger charge is -2.16. The predicted octanol–water partition coefficient (Wildman–Crippen LogP) is 4.19. The van der Waals surface area contributed by atoms with Gasteiger partial charge in [0, 0.05) is 17.7 Å². The molecule has 6 heteroatoms. The van der Waals surface area contributed by atoms with Crippen molar-refractivity contribution >= 4 is 28.3 Å². The first-order valence-electron chi connectivity index (χ1n) is 8.71. The zero-order chi connectivity index (χ0) is 17.9. The van der Waals surface area contributed by atoms with Gasteiger partial charge in [-0.25, -0.2) is 4.99 Å². The molecule has 5 nitrogen and oxygen atoms in total. The van der Waals surface area contributed by atoms with Crippen LogP contribution in [0, 0.1) is 13.8 Å². The summed E-state index contributed by atoms with van der Waals surface area (Å²) in [7, 11) is 0. The number of amidine groups is 1. The van der Waals surface area contributed by atoms with Crippen LogP contribution in [0.1, 0.15) is 23.1 Å². The van der Waals surface area contributed by atoms with E-state index in [-0.39, 0.29) is 0 Å². The molecule has 0 bridgehead atoms. The molecule has 0 amide bonds. The van der Waals surface area contributed by atoms with Crippen molar-refractivity contribution in [3.63, 3.8) is 0 Å². The Labute approximate surface area is 157 Å². The average Bonchev–Trinajstić information content (AvgIpc) is 2.91. The first-order chi connectivity index (χ1) is 12.7. The van der Waals surface area contributed by atoms with Crippen molar-refractivity contribution in [3.05, 3.63) is 53.1 Å². The van der Waals surface area contributed by atoms with E-state index in [1.807, 2.05) is 30.3 Å². The van der Waals surface area contributed by atoms with Gasteiger partial charge in [-0.15, -0.1) is 0 Å². The van der Waals surface area contributed by atoms with Gasteiger partial charge in [-0.3, -0.25) is 5.43 Å². The SMILES string of the molecule is Cc1cccc(N=C2NN=C(c3ccc4c(c3)OCCCO4)CS2)c1C. The van der Waals surface area contributed by atoms with E-state index in [4.69, 9.17) is 14.5 Å². The van der Waals surface area contributed by atoms with E-state index in [9.17, 15) is 0 Å². The molecule has 0 atom stereocenters. The Balaban J connectivity index is 1.54. The van der Waals surface area contributed by atoms with Gasteiger partial charge in [0.2, 0.25) is 0 Å². The van der Waals surface area contributed by atoms with Crippen LogP contribution >= 0.6 is 11.8 Å². The van der Waals surface area contributed by atoms with Crippen molar-refractivity contribution in [3.8, 4) is 11.5 Å². The Morgan fingerprint density at radius 3 is 2.73 bits per heavy atom.